The minimum absolute atomic E-state index is 0.144. The van der Waals surface area contributed by atoms with Crippen molar-refractivity contribution in [2.45, 2.75) is 5.92 Å². The van der Waals surface area contributed by atoms with Gasteiger partial charge in [0.1, 0.15) is 5.82 Å². The molecule has 0 aromatic heterocycles. The zero-order chi connectivity index (χ0) is 11.0. The number of hydrogen-bond acceptors (Lipinski definition) is 1. The maximum absolute atomic E-state index is 13.0. The van der Waals surface area contributed by atoms with E-state index in [0.717, 1.165) is 5.56 Å². The van der Waals surface area contributed by atoms with E-state index in [9.17, 15) is 9.18 Å². The molecule has 0 aliphatic carbocycles. The van der Waals surface area contributed by atoms with Gasteiger partial charge in [0.15, 0.2) is 0 Å². The van der Waals surface area contributed by atoms with Crippen molar-refractivity contribution in [3.8, 4) is 0 Å². The van der Waals surface area contributed by atoms with Gasteiger partial charge in [0.25, 0.3) is 0 Å². The Morgan fingerprint density at radius 1 is 1.47 bits per heavy atom. The van der Waals surface area contributed by atoms with E-state index in [1.54, 1.807) is 6.07 Å². The highest BCUT2D eigenvalue weighted by molar-refractivity contribution is 6.30. The monoisotopic (exact) mass is 228 g/mol. The summed E-state index contributed by atoms with van der Waals surface area (Å²) in [7, 11) is 0. The number of halogens is 2. The zero-order valence-electron chi connectivity index (χ0n) is 7.91. The molecule has 0 saturated carbocycles. The smallest absolute Gasteiger partial charge is 0.314 e. The van der Waals surface area contributed by atoms with Gasteiger partial charge in [-0.25, -0.2) is 9.18 Å². The van der Waals surface area contributed by atoms with Crippen LogP contribution in [0.3, 0.4) is 0 Å². The Bertz CT molecular complexity index is 384. The van der Waals surface area contributed by atoms with Crippen LogP contribution >= 0.6 is 11.6 Å². The van der Waals surface area contributed by atoms with Crippen LogP contribution in [0.1, 0.15) is 11.5 Å². The van der Waals surface area contributed by atoms with Gasteiger partial charge >= 0.3 is 6.03 Å². The molecule has 1 aliphatic heterocycles. The van der Waals surface area contributed by atoms with Crippen LogP contribution in [0.2, 0.25) is 5.02 Å². The fourth-order valence-electron chi connectivity index (χ4n) is 1.68. The number of hydrogen-bond donors (Lipinski definition) is 1. The number of amides is 2. The summed E-state index contributed by atoms with van der Waals surface area (Å²) in [5.41, 5.74) is 5.90. The van der Waals surface area contributed by atoms with Gasteiger partial charge in [-0.2, -0.15) is 0 Å². The van der Waals surface area contributed by atoms with E-state index < -0.39 is 6.03 Å². The molecule has 80 valence electrons. The van der Waals surface area contributed by atoms with E-state index in [1.165, 1.54) is 17.0 Å². The number of primary amides is 1. The summed E-state index contributed by atoms with van der Waals surface area (Å²) >= 11 is 5.73. The Morgan fingerprint density at radius 2 is 2.13 bits per heavy atom. The topological polar surface area (TPSA) is 46.3 Å². The third kappa shape index (κ3) is 2.04. The molecule has 2 amide bonds. The predicted molar refractivity (Wildman–Crippen MR) is 55.3 cm³/mol. The molecule has 1 heterocycles. The molecule has 1 aromatic carbocycles. The number of likely N-dealkylation sites (tertiary alicyclic amines) is 1. The standard InChI is InChI=1S/C10H10ClFN2O/c11-8-1-6(2-9(12)3-8)7-4-14(5-7)10(13)15/h1-3,7H,4-5H2,(H2,13,15). The van der Waals surface area contributed by atoms with E-state index in [2.05, 4.69) is 0 Å². The van der Waals surface area contributed by atoms with Crippen LogP contribution < -0.4 is 5.73 Å². The fourth-order valence-corrected chi connectivity index (χ4v) is 1.91. The maximum Gasteiger partial charge on any atom is 0.314 e. The Balaban J connectivity index is 2.10. The molecule has 0 bridgehead atoms. The van der Waals surface area contributed by atoms with Crippen LogP contribution in [0.25, 0.3) is 0 Å². The van der Waals surface area contributed by atoms with Crippen LogP contribution in [-0.4, -0.2) is 24.0 Å². The van der Waals surface area contributed by atoms with Crippen molar-refractivity contribution in [3.63, 3.8) is 0 Å². The Kier molecular flexibility index (Phi) is 2.52. The van der Waals surface area contributed by atoms with Gasteiger partial charge in [-0.1, -0.05) is 11.6 Å². The van der Waals surface area contributed by atoms with Crippen LogP contribution in [0.15, 0.2) is 18.2 Å². The largest absolute Gasteiger partial charge is 0.351 e. The van der Waals surface area contributed by atoms with Crippen LogP contribution in [0.5, 0.6) is 0 Å². The Labute approximate surface area is 91.6 Å². The molecule has 15 heavy (non-hydrogen) atoms. The maximum atomic E-state index is 13.0. The van der Waals surface area contributed by atoms with Crippen molar-refractivity contribution in [3.05, 3.63) is 34.6 Å². The number of urea groups is 1. The molecular formula is C10H10ClFN2O. The number of benzene rings is 1. The minimum Gasteiger partial charge on any atom is -0.351 e. The number of rotatable bonds is 1. The number of carbonyl (C=O) groups excluding carboxylic acids is 1. The average Bonchev–Trinajstić information content (AvgIpc) is 1.97. The lowest BCUT2D eigenvalue weighted by atomic mass is 9.92. The zero-order valence-corrected chi connectivity index (χ0v) is 8.67. The summed E-state index contributed by atoms with van der Waals surface area (Å²) in [5, 5.41) is 0.377. The molecule has 5 heteroatoms. The summed E-state index contributed by atoms with van der Waals surface area (Å²) < 4.78 is 13.0. The lowest BCUT2D eigenvalue weighted by Gasteiger charge is -2.38. The molecule has 0 radical (unpaired) electrons. The first-order chi connectivity index (χ1) is 7.06. The lowest BCUT2D eigenvalue weighted by molar-refractivity contribution is 0.160. The summed E-state index contributed by atoms with van der Waals surface area (Å²) in [4.78, 5) is 12.2. The van der Waals surface area contributed by atoms with Gasteiger partial charge in [-0.3, -0.25) is 0 Å². The predicted octanol–water partition coefficient (Wildman–Crippen LogP) is 1.96. The van der Waals surface area contributed by atoms with Crippen molar-refractivity contribution in [1.82, 2.24) is 4.90 Å². The van der Waals surface area contributed by atoms with Crippen molar-refractivity contribution in [2.75, 3.05) is 13.1 Å². The van der Waals surface area contributed by atoms with Gasteiger partial charge in [0.2, 0.25) is 0 Å². The van der Waals surface area contributed by atoms with Crippen molar-refractivity contribution in [1.29, 1.82) is 0 Å². The summed E-state index contributed by atoms with van der Waals surface area (Å²) in [6.07, 6.45) is 0. The summed E-state index contributed by atoms with van der Waals surface area (Å²) in [5.74, 6) is -0.208. The molecule has 1 saturated heterocycles. The summed E-state index contributed by atoms with van der Waals surface area (Å²) in [6, 6.07) is 3.98. The van der Waals surface area contributed by atoms with Gasteiger partial charge in [-0.05, 0) is 23.8 Å². The Hall–Kier alpha value is -1.29. The highest BCUT2D eigenvalue weighted by atomic mass is 35.5. The third-order valence-electron chi connectivity index (χ3n) is 2.55. The summed E-state index contributed by atoms with van der Waals surface area (Å²) in [6.45, 7) is 1.07. The van der Waals surface area contributed by atoms with Crippen LogP contribution in [0.4, 0.5) is 9.18 Å². The molecule has 1 fully saturated rings. The Morgan fingerprint density at radius 3 is 2.67 bits per heavy atom. The van der Waals surface area contributed by atoms with E-state index in [1.807, 2.05) is 0 Å². The molecule has 1 aromatic rings. The second kappa shape index (κ2) is 3.70. The van der Waals surface area contributed by atoms with E-state index >= 15 is 0 Å². The number of nitrogens with zero attached hydrogens (tertiary/aromatic N) is 1. The molecule has 3 nitrogen and oxygen atoms in total. The lowest BCUT2D eigenvalue weighted by Crippen LogP contribution is -2.50. The van der Waals surface area contributed by atoms with Gasteiger partial charge < -0.3 is 10.6 Å². The highest BCUT2D eigenvalue weighted by Crippen LogP contribution is 2.29. The van der Waals surface area contributed by atoms with Crippen molar-refractivity contribution in [2.24, 2.45) is 5.73 Å². The molecule has 2 N–H and O–H groups in total. The fraction of sp³-hybridized carbons (Fsp3) is 0.300. The molecular weight excluding hydrogens is 219 g/mol. The van der Waals surface area contributed by atoms with Crippen molar-refractivity contribution >= 4 is 17.6 Å². The molecule has 0 atom stereocenters. The van der Waals surface area contributed by atoms with E-state index in [0.29, 0.717) is 18.1 Å². The molecule has 0 unspecified atom stereocenters. The average molecular weight is 229 g/mol. The first-order valence-corrected chi connectivity index (χ1v) is 4.94. The van der Waals surface area contributed by atoms with E-state index in [4.69, 9.17) is 17.3 Å². The highest BCUT2D eigenvalue weighted by Gasteiger charge is 2.30. The SMILES string of the molecule is NC(=O)N1CC(c2cc(F)cc(Cl)c2)C1. The van der Waals surface area contributed by atoms with Crippen LogP contribution in [-0.2, 0) is 0 Å². The number of nitrogens with two attached hydrogens (primary N) is 1. The quantitative estimate of drug-likeness (QED) is 0.785. The van der Waals surface area contributed by atoms with Gasteiger partial charge in [0.05, 0.1) is 0 Å². The van der Waals surface area contributed by atoms with Crippen LogP contribution in [0, 0.1) is 5.82 Å². The van der Waals surface area contributed by atoms with Gasteiger partial charge in [0, 0.05) is 24.0 Å². The normalized spacial score (nSPS) is 16.3. The molecule has 1 aliphatic rings. The van der Waals surface area contributed by atoms with Gasteiger partial charge in [-0.15, -0.1) is 0 Å². The first kappa shape index (κ1) is 10.2. The number of carbonyl (C=O) groups is 1. The van der Waals surface area contributed by atoms with E-state index in [-0.39, 0.29) is 11.7 Å². The second-order valence-corrected chi connectivity index (χ2v) is 4.08. The van der Waals surface area contributed by atoms with Crippen molar-refractivity contribution < 1.29 is 9.18 Å². The molecule has 0 spiro atoms. The second-order valence-electron chi connectivity index (χ2n) is 3.64. The third-order valence-corrected chi connectivity index (χ3v) is 2.77. The first-order valence-electron chi connectivity index (χ1n) is 4.56. The minimum atomic E-state index is -0.436. The molecule has 2 rings (SSSR count).